The molecule has 7 nitrogen and oxygen atoms in total. The normalized spacial score (nSPS) is 21.8. The summed E-state index contributed by atoms with van der Waals surface area (Å²) in [5.74, 6) is -1.75. The van der Waals surface area contributed by atoms with Crippen LogP contribution in [0.2, 0.25) is 0 Å². The predicted molar refractivity (Wildman–Crippen MR) is 69.3 cm³/mol. The van der Waals surface area contributed by atoms with E-state index in [0.29, 0.717) is 12.0 Å². The highest BCUT2D eigenvalue weighted by atomic mass is 16.6. The van der Waals surface area contributed by atoms with Gasteiger partial charge in [-0.2, -0.15) is 0 Å². The number of aliphatic carboxylic acids is 1. The summed E-state index contributed by atoms with van der Waals surface area (Å²) in [5.41, 5.74) is 0.243. The number of carbonyl (C=O) groups excluding carboxylic acids is 1. The Bertz CT molecular complexity index is 554. The maximum atomic E-state index is 12.3. The minimum absolute atomic E-state index is 0.0839. The molecule has 1 heterocycles. The van der Waals surface area contributed by atoms with Gasteiger partial charge in [-0.1, -0.05) is 0 Å². The number of carbonyl (C=O) groups is 2. The molecule has 2 atom stereocenters. The lowest BCUT2D eigenvalue weighted by atomic mass is 10.1. The number of nitro groups is 1. The zero-order chi connectivity index (χ0) is 14.9. The number of non-ortho nitro benzene ring substituents is 1. The minimum atomic E-state index is -0.907. The zero-order valence-electron chi connectivity index (χ0n) is 10.9. The number of hydrogen-bond acceptors (Lipinski definition) is 4. The van der Waals surface area contributed by atoms with Crippen LogP contribution in [-0.4, -0.2) is 39.4 Å². The molecule has 2 rings (SSSR count). The molecule has 1 aliphatic heterocycles. The van der Waals surface area contributed by atoms with Crippen LogP contribution in [0.25, 0.3) is 0 Å². The van der Waals surface area contributed by atoms with Gasteiger partial charge in [0.05, 0.1) is 10.8 Å². The van der Waals surface area contributed by atoms with Gasteiger partial charge in [-0.3, -0.25) is 19.7 Å². The van der Waals surface area contributed by atoms with Gasteiger partial charge in [0.25, 0.3) is 11.6 Å². The molecule has 0 unspecified atom stereocenters. The van der Waals surface area contributed by atoms with E-state index in [4.69, 9.17) is 5.11 Å². The average molecular weight is 278 g/mol. The van der Waals surface area contributed by atoms with Crippen LogP contribution < -0.4 is 0 Å². The topological polar surface area (TPSA) is 101 Å². The third-order valence-electron chi connectivity index (χ3n) is 3.51. The molecule has 106 valence electrons. The van der Waals surface area contributed by atoms with Gasteiger partial charge in [0.15, 0.2) is 0 Å². The second-order valence-corrected chi connectivity index (χ2v) is 4.88. The monoisotopic (exact) mass is 278 g/mol. The third kappa shape index (κ3) is 2.61. The molecule has 0 radical (unpaired) electrons. The quantitative estimate of drug-likeness (QED) is 0.667. The van der Waals surface area contributed by atoms with Gasteiger partial charge >= 0.3 is 5.97 Å². The van der Waals surface area contributed by atoms with E-state index in [2.05, 4.69) is 0 Å². The molecule has 0 aromatic heterocycles. The molecule has 1 fully saturated rings. The Labute approximate surface area is 115 Å². The van der Waals surface area contributed by atoms with E-state index >= 15 is 0 Å². The average Bonchev–Trinajstić information content (AvgIpc) is 2.80. The van der Waals surface area contributed by atoms with Crippen molar-refractivity contribution < 1.29 is 19.6 Å². The molecule has 7 heteroatoms. The summed E-state index contributed by atoms with van der Waals surface area (Å²) in [6, 6.07) is 5.16. The number of carboxylic acids is 1. The number of likely N-dealkylation sites (tertiary alicyclic amines) is 1. The van der Waals surface area contributed by atoms with E-state index in [0.717, 1.165) is 0 Å². The van der Waals surface area contributed by atoms with Crippen molar-refractivity contribution in [1.82, 2.24) is 4.90 Å². The van der Waals surface area contributed by atoms with Crippen molar-refractivity contribution >= 4 is 17.6 Å². The zero-order valence-corrected chi connectivity index (χ0v) is 10.9. The van der Waals surface area contributed by atoms with E-state index in [1.54, 1.807) is 6.92 Å². The molecular formula is C13H14N2O5. The SMILES string of the molecule is C[C@H]1C[C@@H](C(=O)O)CN1C(=O)c1ccc([N+](=O)[O-])cc1. The van der Waals surface area contributed by atoms with Crippen molar-refractivity contribution in [2.45, 2.75) is 19.4 Å². The lowest BCUT2D eigenvalue weighted by Crippen LogP contribution is -2.34. The van der Waals surface area contributed by atoms with Gasteiger partial charge in [0.1, 0.15) is 0 Å². The molecule has 1 aromatic rings. The molecule has 1 amide bonds. The molecule has 0 spiro atoms. The van der Waals surface area contributed by atoms with Crippen LogP contribution in [0.15, 0.2) is 24.3 Å². The van der Waals surface area contributed by atoms with Gasteiger partial charge in [-0.15, -0.1) is 0 Å². The number of carboxylic acid groups (broad SMARTS) is 1. The largest absolute Gasteiger partial charge is 0.481 e. The van der Waals surface area contributed by atoms with Gasteiger partial charge in [-0.05, 0) is 25.5 Å². The third-order valence-corrected chi connectivity index (χ3v) is 3.51. The van der Waals surface area contributed by atoms with Crippen molar-refractivity contribution in [3.8, 4) is 0 Å². The lowest BCUT2D eigenvalue weighted by molar-refractivity contribution is -0.384. The smallest absolute Gasteiger partial charge is 0.308 e. The second kappa shape index (κ2) is 5.28. The van der Waals surface area contributed by atoms with E-state index in [9.17, 15) is 19.7 Å². The highest BCUT2D eigenvalue weighted by Gasteiger charge is 2.36. The Hall–Kier alpha value is -2.44. The molecule has 1 aliphatic rings. The van der Waals surface area contributed by atoms with Crippen molar-refractivity contribution in [2.75, 3.05) is 6.54 Å². The Morgan fingerprint density at radius 3 is 2.40 bits per heavy atom. The summed E-state index contributed by atoms with van der Waals surface area (Å²) in [6.07, 6.45) is 0.425. The molecule has 1 saturated heterocycles. The number of nitrogens with zero attached hydrogens (tertiary/aromatic N) is 2. The molecular weight excluding hydrogens is 264 g/mol. The summed E-state index contributed by atoms with van der Waals surface area (Å²) in [4.78, 5) is 34.7. The van der Waals surface area contributed by atoms with Gasteiger partial charge in [0.2, 0.25) is 0 Å². The highest BCUT2D eigenvalue weighted by Crippen LogP contribution is 2.25. The predicted octanol–water partition coefficient (Wildman–Crippen LogP) is 1.53. The fourth-order valence-corrected chi connectivity index (χ4v) is 2.38. The summed E-state index contributed by atoms with van der Waals surface area (Å²) >= 11 is 0. The van der Waals surface area contributed by atoms with Crippen LogP contribution in [0, 0.1) is 16.0 Å². The van der Waals surface area contributed by atoms with Crippen LogP contribution >= 0.6 is 0 Å². The van der Waals surface area contributed by atoms with E-state index in [1.807, 2.05) is 0 Å². The Morgan fingerprint density at radius 2 is 1.95 bits per heavy atom. The number of rotatable bonds is 3. The van der Waals surface area contributed by atoms with Crippen molar-refractivity contribution in [1.29, 1.82) is 0 Å². The molecule has 20 heavy (non-hydrogen) atoms. The number of nitro benzene ring substituents is 1. The van der Waals surface area contributed by atoms with Crippen LogP contribution in [0.3, 0.4) is 0 Å². The van der Waals surface area contributed by atoms with Gasteiger partial charge < -0.3 is 10.0 Å². The molecule has 0 saturated carbocycles. The first-order chi connectivity index (χ1) is 9.40. The first-order valence-electron chi connectivity index (χ1n) is 6.18. The number of benzene rings is 1. The van der Waals surface area contributed by atoms with Crippen LogP contribution in [-0.2, 0) is 4.79 Å². The first-order valence-corrected chi connectivity index (χ1v) is 6.18. The van der Waals surface area contributed by atoms with Crippen LogP contribution in [0.4, 0.5) is 5.69 Å². The van der Waals surface area contributed by atoms with Gasteiger partial charge in [-0.25, -0.2) is 0 Å². The summed E-state index contributed by atoms with van der Waals surface area (Å²) in [6.45, 7) is 1.97. The minimum Gasteiger partial charge on any atom is -0.481 e. The first kappa shape index (κ1) is 14.0. The molecule has 0 aliphatic carbocycles. The van der Waals surface area contributed by atoms with Crippen molar-refractivity contribution in [2.24, 2.45) is 5.92 Å². The van der Waals surface area contributed by atoms with Crippen LogP contribution in [0.1, 0.15) is 23.7 Å². The maximum Gasteiger partial charge on any atom is 0.308 e. The molecule has 1 aromatic carbocycles. The van der Waals surface area contributed by atoms with Crippen molar-refractivity contribution in [3.63, 3.8) is 0 Å². The van der Waals surface area contributed by atoms with E-state index in [1.165, 1.54) is 29.2 Å². The maximum absolute atomic E-state index is 12.3. The number of amides is 1. The van der Waals surface area contributed by atoms with E-state index < -0.39 is 16.8 Å². The summed E-state index contributed by atoms with van der Waals surface area (Å²) < 4.78 is 0. The molecule has 0 bridgehead atoms. The Morgan fingerprint density at radius 1 is 1.35 bits per heavy atom. The Balaban J connectivity index is 2.15. The standard InChI is InChI=1S/C13H14N2O5/c1-8-6-10(13(17)18)7-14(8)12(16)9-2-4-11(5-3-9)15(19)20/h2-5,8,10H,6-7H2,1H3,(H,17,18)/t8-,10+/m0/s1. The van der Waals surface area contributed by atoms with Crippen molar-refractivity contribution in [3.05, 3.63) is 39.9 Å². The second-order valence-electron chi connectivity index (χ2n) is 4.88. The molecule has 1 N–H and O–H groups in total. The summed E-state index contributed by atoms with van der Waals surface area (Å²) in [5, 5.41) is 19.5. The summed E-state index contributed by atoms with van der Waals surface area (Å²) in [7, 11) is 0. The van der Waals surface area contributed by atoms with E-state index in [-0.39, 0.29) is 24.2 Å². The van der Waals surface area contributed by atoms with Gasteiger partial charge in [0, 0.05) is 30.3 Å². The highest BCUT2D eigenvalue weighted by molar-refractivity contribution is 5.95. The fourth-order valence-electron chi connectivity index (χ4n) is 2.38. The van der Waals surface area contributed by atoms with Crippen LogP contribution in [0.5, 0.6) is 0 Å². The lowest BCUT2D eigenvalue weighted by Gasteiger charge is -2.21. The number of hydrogen-bond donors (Lipinski definition) is 1. The Kier molecular flexibility index (Phi) is 3.69. The fraction of sp³-hybridized carbons (Fsp3) is 0.385.